The van der Waals surface area contributed by atoms with Crippen molar-refractivity contribution < 1.29 is 13.2 Å². The molecular formula is C16H21ClN4O3S. The van der Waals surface area contributed by atoms with Gasteiger partial charge in [0.15, 0.2) is 0 Å². The molecule has 0 bridgehead atoms. The lowest BCUT2D eigenvalue weighted by Crippen LogP contribution is -2.30. The minimum atomic E-state index is -3.72. The second-order valence-corrected chi connectivity index (χ2v) is 8.25. The van der Waals surface area contributed by atoms with Crippen LogP contribution >= 0.6 is 11.6 Å². The number of anilines is 1. The largest absolute Gasteiger partial charge is 0.307 e. The Bertz CT molecular complexity index is 875. The van der Waals surface area contributed by atoms with E-state index in [1.165, 1.54) is 18.2 Å². The molecule has 0 unspecified atom stereocenters. The van der Waals surface area contributed by atoms with Gasteiger partial charge in [-0.3, -0.25) is 4.79 Å². The van der Waals surface area contributed by atoms with Gasteiger partial charge in [0, 0.05) is 18.2 Å². The van der Waals surface area contributed by atoms with Gasteiger partial charge in [-0.1, -0.05) is 11.6 Å². The van der Waals surface area contributed by atoms with Crippen LogP contribution in [-0.4, -0.2) is 30.1 Å². The Morgan fingerprint density at radius 3 is 2.48 bits per heavy atom. The van der Waals surface area contributed by atoms with E-state index >= 15 is 0 Å². The summed E-state index contributed by atoms with van der Waals surface area (Å²) in [7, 11) is -3.72. The van der Waals surface area contributed by atoms with Gasteiger partial charge in [0.25, 0.3) is 5.91 Å². The molecule has 0 fully saturated rings. The molecule has 0 atom stereocenters. The normalized spacial score (nSPS) is 12.0. The summed E-state index contributed by atoms with van der Waals surface area (Å²) in [5, 5.41) is 7.01. The van der Waals surface area contributed by atoms with E-state index in [4.69, 9.17) is 11.6 Å². The lowest BCUT2D eigenvalue weighted by molar-refractivity contribution is 0.102. The van der Waals surface area contributed by atoms with Crippen LogP contribution in [-0.2, 0) is 10.0 Å². The van der Waals surface area contributed by atoms with Crippen molar-refractivity contribution in [3.8, 4) is 0 Å². The number of nitrogens with zero attached hydrogens (tertiary/aromatic N) is 2. The number of hydrogen-bond donors (Lipinski definition) is 2. The lowest BCUT2D eigenvalue weighted by atomic mass is 10.2. The fourth-order valence-electron chi connectivity index (χ4n) is 2.23. The molecule has 9 heteroatoms. The molecule has 0 aliphatic heterocycles. The first-order valence-electron chi connectivity index (χ1n) is 7.78. The Morgan fingerprint density at radius 1 is 1.20 bits per heavy atom. The van der Waals surface area contributed by atoms with Crippen molar-refractivity contribution >= 4 is 33.3 Å². The standard InChI is InChI=1S/C16H21ClN4O3S/c1-10(2)20-25(23,24)12-5-6-14(17)13(9-12)16(22)19-15-7-8-18-21(15)11(3)4/h5-11,20H,1-4H3,(H,19,22). The molecule has 2 N–H and O–H groups in total. The van der Waals surface area contributed by atoms with Crippen molar-refractivity contribution in [3.05, 3.63) is 41.0 Å². The number of halogens is 1. The minimum absolute atomic E-state index is 0.0203. The van der Waals surface area contributed by atoms with Crippen LogP contribution in [0.15, 0.2) is 35.4 Å². The van der Waals surface area contributed by atoms with Gasteiger partial charge in [-0.2, -0.15) is 5.10 Å². The zero-order valence-corrected chi connectivity index (χ0v) is 16.0. The number of aromatic nitrogens is 2. The number of sulfonamides is 1. The summed E-state index contributed by atoms with van der Waals surface area (Å²) in [5.74, 6) is -0.00127. The average molecular weight is 385 g/mol. The molecule has 1 amide bonds. The summed E-state index contributed by atoms with van der Waals surface area (Å²) >= 11 is 6.09. The summed E-state index contributed by atoms with van der Waals surface area (Å²) in [6.07, 6.45) is 1.57. The molecule has 1 aromatic heterocycles. The maximum Gasteiger partial charge on any atom is 0.258 e. The van der Waals surface area contributed by atoms with Crippen LogP contribution in [0.2, 0.25) is 5.02 Å². The lowest BCUT2D eigenvalue weighted by Gasteiger charge is -2.14. The summed E-state index contributed by atoms with van der Waals surface area (Å²) < 4.78 is 28.7. The summed E-state index contributed by atoms with van der Waals surface area (Å²) in [4.78, 5) is 12.5. The first-order chi connectivity index (χ1) is 11.6. The van der Waals surface area contributed by atoms with Crippen LogP contribution in [0.1, 0.15) is 44.1 Å². The molecule has 0 saturated heterocycles. The second-order valence-electron chi connectivity index (χ2n) is 6.13. The summed E-state index contributed by atoms with van der Waals surface area (Å²) in [5.41, 5.74) is 0.0739. The van der Waals surface area contributed by atoms with Crippen LogP contribution in [0.3, 0.4) is 0 Å². The molecule has 2 aromatic rings. The van der Waals surface area contributed by atoms with Crippen molar-refractivity contribution in [2.45, 2.75) is 44.7 Å². The zero-order chi connectivity index (χ0) is 18.8. The first-order valence-corrected chi connectivity index (χ1v) is 9.64. The summed E-state index contributed by atoms with van der Waals surface area (Å²) in [6, 6.07) is 5.47. The number of hydrogen-bond acceptors (Lipinski definition) is 4. The van der Waals surface area contributed by atoms with Crippen molar-refractivity contribution in [1.29, 1.82) is 0 Å². The maximum atomic E-state index is 12.6. The number of nitrogens with one attached hydrogen (secondary N) is 2. The van der Waals surface area contributed by atoms with Crippen LogP contribution in [0, 0.1) is 0 Å². The summed E-state index contributed by atoms with van der Waals surface area (Å²) in [6.45, 7) is 7.29. The monoisotopic (exact) mass is 384 g/mol. The highest BCUT2D eigenvalue weighted by molar-refractivity contribution is 7.89. The molecule has 1 heterocycles. The second kappa shape index (κ2) is 7.55. The van der Waals surface area contributed by atoms with Crippen molar-refractivity contribution in [1.82, 2.24) is 14.5 Å². The van der Waals surface area contributed by atoms with Gasteiger partial charge in [-0.05, 0) is 45.9 Å². The Kier molecular flexibility index (Phi) is 5.87. The van der Waals surface area contributed by atoms with Crippen LogP contribution < -0.4 is 10.0 Å². The molecule has 0 aliphatic carbocycles. The van der Waals surface area contributed by atoms with E-state index in [0.717, 1.165) is 0 Å². The average Bonchev–Trinajstić information content (AvgIpc) is 2.94. The molecule has 7 nitrogen and oxygen atoms in total. The third kappa shape index (κ3) is 4.59. The van der Waals surface area contributed by atoms with E-state index < -0.39 is 15.9 Å². The Balaban J connectivity index is 2.34. The van der Waals surface area contributed by atoms with Gasteiger partial charge in [0.2, 0.25) is 10.0 Å². The number of benzene rings is 1. The van der Waals surface area contributed by atoms with Crippen LogP contribution in [0.25, 0.3) is 0 Å². The first kappa shape index (κ1) is 19.4. The van der Waals surface area contributed by atoms with Crippen molar-refractivity contribution in [2.75, 3.05) is 5.32 Å². The van der Waals surface area contributed by atoms with Crippen molar-refractivity contribution in [3.63, 3.8) is 0 Å². The predicted molar refractivity (Wildman–Crippen MR) is 97.5 cm³/mol. The smallest absolute Gasteiger partial charge is 0.258 e. The fourth-order valence-corrected chi connectivity index (χ4v) is 3.71. The maximum absolute atomic E-state index is 12.6. The van der Waals surface area contributed by atoms with Crippen LogP contribution in [0.4, 0.5) is 5.82 Å². The molecular weight excluding hydrogens is 364 g/mol. The van der Waals surface area contributed by atoms with Gasteiger partial charge < -0.3 is 5.32 Å². The van der Waals surface area contributed by atoms with Gasteiger partial charge in [0.1, 0.15) is 5.82 Å². The molecule has 25 heavy (non-hydrogen) atoms. The third-order valence-corrected chi connectivity index (χ3v) is 5.27. The van der Waals surface area contributed by atoms with Gasteiger partial charge in [-0.25, -0.2) is 17.8 Å². The minimum Gasteiger partial charge on any atom is -0.307 e. The molecule has 0 aliphatic rings. The number of rotatable bonds is 6. The SMILES string of the molecule is CC(C)NS(=O)(=O)c1ccc(Cl)c(C(=O)Nc2ccnn2C(C)C)c1. The van der Waals surface area contributed by atoms with Crippen LogP contribution in [0.5, 0.6) is 0 Å². The quantitative estimate of drug-likeness (QED) is 0.800. The molecule has 0 spiro atoms. The molecule has 136 valence electrons. The third-order valence-electron chi connectivity index (χ3n) is 3.28. The highest BCUT2D eigenvalue weighted by Gasteiger charge is 2.20. The highest BCUT2D eigenvalue weighted by atomic mass is 35.5. The van der Waals surface area contributed by atoms with Gasteiger partial charge in [-0.15, -0.1) is 0 Å². The highest BCUT2D eigenvalue weighted by Crippen LogP contribution is 2.22. The van der Waals surface area contributed by atoms with E-state index in [0.29, 0.717) is 5.82 Å². The van der Waals surface area contributed by atoms with Crippen molar-refractivity contribution in [2.24, 2.45) is 0 Å². The zero-order valence-electron chi connectivity index (χ0n) is 14.4. The fraction of sp³-hybridized carbons (Fsp3) is 0.375. The number of carbonyl (C=O) groups excluding carboxylic acids is 1. The van der Waals surface area contributed by atoms with E-state index in [9.17, 15) is 13.2 Å². The molecule has 0 radical (unpaired) electrons. The van der Waals surface area contributed by atoms with E-state index in [1.807, 2.05) is 13.8 Å². The number of carbonyl (C=O) groups is 1. The molecule has 2 rings (SSSR count). The Labute approximate surface area is 152 Å². The molecule has 0 saturated carbocycles. The Hall–Kier alpha value is -1.90. The van der Waals surface area contributed by atoms with Gasteiger partial charge >= 0.3 is 0 Å². The number of amides is 1. The van der Waals surface area contributed by atoms with E-state index in [2.05, 4.69) is 15.1 Å². The Morgan fingerprint density at radius 2 is 1.88 bits per heavy atom. The molecule has 1 aromatic carbocycles. The topological polar surface area (TPSA) is 93.1 Å². The van der Waals surface area contributed by atoms with Gasteiger partial charge in [0.05, 0.1) is 21.7 Å². The van der Waals surface area contributed by atoms with E-state index in [-0.39, 0.29) is 27.6 Å². The van der Waals surface area contributed by atoms with E-state index in [1.54, 1.807) is 30.8 Å². The predicted octanol–water partition coefficient (Wildman–Crippen LogP) is 3.06.